The van der Waals surface area contributed by atoms with Crippen molar-refractivity contribution in [3.63, 3.8) is 0 Å². The van der Waals surface area contributed by atoms with Gasteiger partial charge in [-0.1, -0.05) is 12.1 Å². The van der Waals surface area contributed by atoms with E-state index >= 15 is 0 Å². The highest BCUT2D eigenvalue weighted by Crippen LogP contribution is 2.15. The number of hydrogen-bond donors (Lipinski definition) is 1. The fourth-order valence-corrected chi connectivity index (χ4v) is 2.29. The monoisotopic (exact) mass is 380 g/mol. The molecule has 2 aromatic carbocycles. The molecule has 0 radical (unpaired) electrons. The highest BCUT2D eigenvalue weighted by Gasteiger charge is 2.08. The first-order valence-corrected chi connectivity index (χ1v) is 8.24. The lowest BCUT2D eigenvalue weighted by molar-refractivity contribution is -0.142. The molecule has 0 aliphatic rings. The normalized spacial score (nSPS) is 10.8. The van der Waals surface area contributed by atoms with Crippen molar-refractivity contribution in [3.8, 4) is 0 Å². The molecule has 0 aliphatic heterocycles. The number of para-hydroxylation sites is 2. The Morgan fingerprint density at radius 1 is 1.11 bits per heavy atom. The molecule has 0 unspecified atom stereocenters. The number of oxazole rings is 1. The van der Waals surface area contributed by atoms with Crippen molar-refractivity contribution in [3.05, 3.63) is 66.1 Å². The molecule has 0 atom stereocenters. The van der Waals surface area contributed by atoms with Gasteiger partial charge in [-0.3, -0.25) is 4.79 Å². The number of carbonyl (C=O) groups is 3. The number of nitrogens with one attached hydrogen (secondary N) is 1. The molecule has 3 rings (SSSR count). The van der Waals surface area contributed by atoms with Crippen LogP contribution in [0.3, 0.4) is 0 Å². The average molecular weight is 380 g/mol. The summed E-state index contributed by atoms with van der Waals surface area (Å²) in [7, 11) is 1.28. The zero-order valence-corrected chi connectivity index (χ0v) is 14.9. The van der Waals surface area contributed by atoms with E-state index in [1.165, 1.54) is 25.3 Å². The first kappa shape index (κ1) is 18.8. The third kappa shape index (κ3) is 4.82. The second kappa shape index (κ2) is 8.63. The SMILES string of the molecule is COC(=O)c1ccc(NC(=O)COC(=O)/C=C/c2nc3ccccc3o2)cc1. The van der Waals surface area contributed by atoms with Gasteiger partial charge < -0.3 is 19.2 Å². The first-order valence-electron chi connectivity index (χ1n) is 8.24. The van der Waals surface area contributed by atoms with Crippen molar-refractivity contribution in [1.29, 1.82) is 0 Å². The van der Waals surface area contributed by atoms with Crippen LogP contribution in [0.4, 0.5) is 5.69 Å². The summed E-state index contributed by atoms with van der Waals surface area (Å²) < 4.78 is 14.9. The summed E-state index contributed by atoms with van der Waals surface area (Å²) in [5.41, 5.74) is 2.09. The van der Waals surface area contributed by atoms with Gasteiger partial charge in [0.1, 0.15) is 5.52 Å². The topological polar surface area (TPSA) is 108 Å². The summed E-state index contributed by atoms with van der Waals surface area (Å²) in [4.78, 5) is 39.1. The predicted molar refractivity (Wildman–Crippen MR) is 100 cm³/mol. The average Bonchev–Trinajstić information content (AvgIpc) is 3.13. The molecule has 1 heterocycles. The summed E-state index contributed by atoms with van der Waals surface area (Å²) in [6.07, 6.45) is 2.49. The second-order valence-electron chi connectivity index (χ2n) is 5.58. The molecular formula is C20H16N2O6. The molecule has 1 N–H and O–H groups in total. The van der Waals surface area contributed by atoms with Crippen LogP contribution in [0.1, 0.15) is 16.2 Å². The van der Waals surface area contributed by atoms with Gasteiger partial charge in [-0.05, 0) is 36.4 Å². The number of nitrogens with zero attached hydrogens (tertiary/aromatic N) is 1. The van der Waals surface area contributed by atoms with Crippen LogP contribution in [-0.4, -0.2) is 36.5 Å². The van der Waals surface area contributed by atoms with E-state index in [1.807, 2.05) is 12.1 Å². The fraction of sp³-hybridized carbons (Fsp3) is 0.100. The van der Waals surface area contributed by atoms with E-state index in [4.69, 9.17) is 9.15 Å². The summed E-state index contributed by atoms with van der Waals surface area (Å²) in [5.74, 6) is -1.45. The molecule has 3 aromatic rings. The minimum atomic E-state index is -0.710. The number of ether oxygens (including phenoxy) is 2. The van der Waals surface area contributed by atoms with Crippen LogP contribution < -0.4 is 5.32 Å². The maximum atomic E-state index is 11.8. The molecule has 0 saturated carbocycles. The molecule has 28 heavy (non-hydrogen) atoms. The van der Waals surface area contributed by atoms with Gasteiger partial charge in [0, 0.05) is 17.8 Å². The molecule has 0 spiro atoms. The first-order chi connectivity index (χ1) is 13.5. The lowest BCUT2D eigenvalue weighted by Crippen LogP contribution is -2.20. The second-order valence-corrected chi connectivity index (χ2v) is 5.58. The van der Waals surface area contributed by atoms with Crippen molar-refractivity contribution < 1.29 is 28.3 Å². The highest BCUT2D eigenvalue weighted by molar-refractivity contribution is 5.95. The van der Waals surface area contributed by atoms with Gasteiger partial charge >= 0.3 is 11.9 Å². The number of methoxy groups -OCH3 is 1. The Kier molecular flexibility index (Phi) is 5.81. The summed E-state index contributed by atoms with van der Waals surface area (Å²) in [6.45, 7) is -0.463. The van der Waals surface area contributed by atoms with Gasteiger partial charge in [0.2, 0.25) is 5.89 Å². The predicted octanol–water partition coefficient (Wildman–Crippen LogP) is 2.81. The maximum Gasteiger partial charge on any atom is 0.337 e. The Balaban J connectivity index is 1.48. The van der Waals surface area contributed by atoms with Crippen LogP contribution in [0, 0.1) is 0 Å². The molecule has 0 fully saturated rings. The molecular weight excluding hydrogens is 364 g/mol. The third-order valence-electron chi connectivity index (χ3n) is 3.61. The molecule has 142 valence electrons. The highest BCUT2D eigenvalue weighted by atomic mass is 16.5. The molecule has 8 heteroatoms. The third-order valence-corrected chi connectivity index (χ3v) is 3.61. The Labute approximate surface area is 159 Å². The van der Waals surface area contributed by atoms with Crippen LogP contribution >= 0.6 is 0 Å². The lowest BCUT2D eigenvalue weighted by Gasteiger charge is -2.06. The Hall–Kier alpha value is -3.94. The fourth-order valence-electron chi connectivity index (χ4n) is 2.29. The van der Waals surface area contributed by atoms with Gasteiger partial charge in [0.15, 0.2) is 12.2 Å². The zero-order chi connectivity index (χ0) is 19.9. The van der Waals surface area contributed by atoms with Crippen molar-refractivity contribution >= 4 is 40.7 Å². The quantitative estimate of drug-likeness (QED) is 0.517. The molecule has 8 nitrogen and oxygen atoms in total. The number of anilines is 1. The molecule has 0 saturated heterocycles. The maximum absolute atomic E-state index is 11.8. The van der Waals surface area contributed by atoms with E-state index < -0.39 is 24.5 Å². The molecule has 1 amide bonds. The van der Waals surface area contributed by atoms with E-state index in [0.29, 0.717) is 22.4 Å². The Bertz CT molecular complexity index is 1000. The van der Waals surface area contributed by atoms with Gasteiger partial charge in [-0.15, -0.1) is 0 Å². The number of amides is 1. The smallest absolute Gasteiger partial charge is 0.337 e. The summed E-state index contributed by atoms with van der Waals surface area (Å²) in [5, 5.41) is 2.55. The van der Waals surface area contributed by atoms with E-state index in [0.717, 1.165) is 6.08 Å². The number of benzene rings is 2. The number of fused-ring (bicyclic) bond motifs is 1. The van der Waals surface area contributed by atoms with Gasteiger partial charge in [-0.25, -0.2) is 14.6 Å². The van der Waals surface area contributed by atoms with Crippen LogP contribution in [0.5, 0.6) is 0 Å². The van der Waals surface area contributed by atoms with Crippen LogP contribution in [0.2, 0.25) is 0 Å². The number of hydrogen-bond acceptors (Lipinski definition) is 7. The minimum absolute atomic E-state index is 0.258. The van der Waals surface area contributed by atoms with Crippen molar-refractivity contribution in [2.75, 3.05) is 19.0 Å². The lowest BCUT2D eigenvalue weighted by atomic mass is 10.2. The van der Waals surface area contributed by atoms with Crippen LogP contribution in [0.15, 0.2) is 59.0 Å². The van der Waals surface area contributed by atoms with Crippen molar-refractivity contribution in [2.45, 2.75) is 0 Å². The van der Waals surface area contributed by atoms with E-state index in [1.54, 1.807) is 24.3 Å². The molecule has 0 bridgehead atoms. The number of rotatable bonds is 6. The molecule has 1 aromatic heterocycles. The number of carbonyl (C=O) groups excluding carboxylic acids is 3. The van der Waals surface area contributed by atoms with Crippen molar-refractivity contribution in [1.82, 2.24) is 4.98 Å². The van der Waals surface area contributed by atoms with Gasteiger partial charge in [0.05, 0.1) is 12.7 Å². The minimum Gasteiger partial charge on any atom is -0.465 e. The van der Waals surface area contributed by atoms with E-state index in [2.05, 4.69) is 15.0 Å². The number of esters is 2. The largest absolute Gasteiger partial charge is 0.465 e. The summed E-state index contributed by atoms with van der Waals surface area (Å²) >= 11 is 0. The van der Waals surface area contributed by atoms with Gasteiger partial charge in [-0.2, -0.15) is 0 Å². The van der Waals surface area contributed by atoms with E-state index in [-0.39, 0.29) is 5.89 Å². The number of aromatic nitrogens is 1. The molecule has 0 aliphatic carbocycles. The van der Waals surface area contributed by atoms with Crippen LogP contribution in [0.25, 0.3) is 17.2 Å². The van der Waals surface area contributed by atoms with Crippen molar-refractivity contribution in [2.24, 2.45) is 0 Å². The van der Waals surface area contributed by atoms with Gasteiger partial charge in [0.25, 0.3) is 5.91 Å². The Morgan fingerprint density at radius 2 is 1.86 bits per heavy atom. The summed E-state index contributed by atoms with van der Waals surface area (Å²) in [6, 6.07) is 13.3. The zero-order valence-electron chi connectivity index (χ0n) is 14.9. The Morgan fingerprint density at radius 3 is 2.57 bits per heavy atom. The standard InChI is InChI=1S/C20H16N2O6/c1-26-20(25)13-6-8-14(9-7-13)21-17(23)12-27-19(24)11-10-18-22-15-4-2-3-5-16(15)28-18/h2-11H,12H2,1H3,(H,21,23)/b11-10+. The van der Waals surface area contributed by atoms with Crippen LogP contribution in [-0.2, 0) is 19.1 Å². The van der Waals surface area contributed by atoms with E-state index in [9.17, 15) is 14.4 Å².